The first-order chi connectivity index (χ1) is 12.1. The van der Waals surface area contributed by atoms with E-state index in [1.54, 1.807) is 11.8 Å². The molecule has 0 bridgehead atoms. The summed E-state index contributed by atoms with van der Waals surface area (Å²) < 4.78 is 13.1. The van der Waals surface area contributed by atoms with Crippen LogP contribution in [0.4, 0.5) is 4.39 Å². The number of thioether (sulfide) groups is 1. The molecule has 1 atom stereocenters. The van der Waals surface area contributed by atoms with Crippen molar-refractivity contribution in [1.82, 2.24) is 0 Å². The lowest BCUT2D eigenvalue weighted by atomic mass is 10.0. The van der Waals surface area contributed by atoms with Gasteiger partial charge in [-0.05, 0) is 54.1 Å². The summed E-state index contributed by atoms with van der Waals surface area (Å²) in [6.45, 7) is 0. The zero-order valence-corrected chi connectivity index (χ0v) is 14.9. The molecule has 0 saturated carbocycles. The second-order valence-electron chi connectivity index (χ2n) is 5.61. The Balaban J connectivity index is 1.82. The van der Waals surface area contributed by atoms with Gasteiger partial charge in [0, 0.05) is 27.2 Å². The Morgan fingerprint density at radius 1 is 0.920 bits per heavy atom. The zero-order valence-electron chi connectivity index (χ0n) is 13.4. The molecule has 126 valence electrons. The van der Waals surface area contributed by atoms with Gasteiger partial charge in [-0.3, -0.25) is 4.79 Å². The number of benzene rings is 3. The average molecular weight is 371 g/mol. The molecule has 0 aliphatic rings. The summed E-state index contributed by atoms with van der Waals surface area (Å²) in [6, 6.07) is 23.2. The van der Waals surface area contributed by atoms with Crippen LogP contribution >= 0.6 is 23.4 Å². The molecule has 0 fully saturated rings. The van der Waals surface area contributed by atoms with E-state index in [0.29, 0.717) is 17.0 Å². The Bertz CT molecular complexity index is 832. The molecule has 0 amide bonds. The summed E-state index contributed by atoms with van der Waals surface area (Å²) in [4.78, 5) is 13.7. The summed E-state index contributed by atoms with van der Waals surface area (Å²) in [5.41, 5.74) is 1.61. The van der Waals surface area contributed by atoms with Crippen LogP contribution in [0.1, 0.15) is 27.6 Å². The maximum absolute atomic E-state index is 13.1. The number of hydrogen-bond donors (Lipinski definition) is 0. The number of carbonyl (C=O) groups is 1. The van der Waals surface area contributed by atoms with Crippen molar-refractivity contribution < 1.29 is 9.18 Å². The molecule has 0 heterocycles. The monoisotopic (exact) mass is 370 g/mol. The van der Waals surface area contributed by atoms with Gasteiger partial charge in [-0.15, -0.1) is 11.8 Å². The summed E-state index contributed by atoms with van der Waals surface area (Å²) in [5.74, 6) is -0.345. The van der Waals surface area contributed by atoms with Crippen LogP contribution in [0.15, 0.2) is 83.8 Å². The van der Waals surface area contributed by atoms with Crippen LogP contribution in [0, 0.1) is 5.82 Å². The Hall–Kier alpha value is -2.10. The number of rotatable bonds is 6. The smallest absolute Gasteiger partial charge is 0.164 e. The van der Waals surface area contributed by atoms with E-state index in [4.69, 9.17) is 11.6 Å². The summed E-state index contributed by atoms with van der Waals surface area (Å²) in [7, 11) is 0. The average Bonchev–Trinajstić information content (AvgIpc) is 2.64. The van der Waals surface area contributed by atoms with Crippen LogP contribution in [-0.4, -0.2) is 5.78 Å². The van der Waals surface area contributed by atoms with Crippen molar-refractivity contribution in [1.29, 1.82) is 0 Å². The van der Waals surface area contributed by atoms with E-state index in [1.807, 2.05) is 54.6 Å². The topological polar surface area (TPSA) is 17.1 Å². The molecule has 25 heavy (non-hydrogen) atoms. The van der Waals surface area contributed by atoms with Crippen LogP contribution in [-0.2, 0) is 0 Å². The molecule has 0 aliphatic carbocycles. The van der Waals surface area contributed by atoms with E-state index in [-0.39, 0.29) is 16.9 Å². The number of Topliss-reactive ketones (excluding diaryl/α,β-unsaturated/α-hetero) is 1. The Morgan fingerprint density at radius 3 is 2.20 bits per heavy atom. The minimum atomic E-state index is -0.341. The van der Waals surface area contributed by atoms with Crippen molar-refractivity contribution in [3.05, 3.63) is 101 Å². The van der Waals surface area contributed by atoms with Gasteiger partial charge in [-0.1, -0.05) is 41.9 Å². The predicted molar refractivity (Wildman–Crippen MR) is 102 cm³/mol. The second-order valence-corrected chi connectivity index (χ2v) is 7.32. The normalized spacial score (nSPS) is 11.9. The Kier molecular flexibility index (Phi) is 5.90. The molecule has 0 N–H and O–H groups in total. The minimum absolute atomic E-state index is 0.00434. The molecule has 0 saturated heterocycles. The Labute approximate surface area is 155 Å². The number of halogens is 2. The fourth-order valence-electron chi connectivity index (χ4n) is 2.49. The largest absolute Gasteiger partial charge is 0.294 e. The van der Waals surface area contributed by atoms with Gasteiger partial charge in [0.05, 0.1) is 0 Å². The summed E-state index contributed by atoms with van der Waals surface area (Å²) >= 11 is 7.57. The standard InChI is InChI=1S/C21H16ClFOS/c22-17-8-12-19(13-9-17)25-21(16-4-2-1-3-5-16)14-20(24)15-6-10-18(23)11-7-15/h1-13,21H,14H2. The molecule has 1 unspecified atom stereocenters. The van der Waals surface area contributed by atoms with Gasteiger partial charge in [0.1, 0.15) is 5.82 Å². The first-order valence-electron chi connectivity index (χ1n) is 7.88. The molecule has 0 aromatic heterocycles. The highest BCUT2D eigenvalue weighted by atomic mass is 35.5. The second kappa shape index (κ2) is 8.32. The molecule has 0 aliphatic heterocycles. The molecule has 3 rings (SSSR count). The van der Waals surface area contributed by atoms with E-state index in [9.17, 15) is 9.18 Å². The first kappa shape index (κ1) is 17.7. The molecule has 3 aromatic carbocycles. The molecular formula is C21H16ClFOS. The van der Waals surface area contributed by atoms with E-state index in [1.165, 1.54) is 24.3 Å². The third-order valence-corrected chi connectivity index (χ3v) is 5.32. The summed E-state index contributed by atoms with van der Waals surface area (Å²) in [6.07, 6.45) is 0.336. The van der Waals surface area contributed by atoms with E-state index >= 15 is 0 Å². The molecule has 1 nitrogen and oxygen atoms in total. The predicted octanol–water partition coefficient (Wildman–Crippen LogP) is 6.59. The number of hydrogen-bond acceptors (Lipinski definition) is 2. The van der Waals surface area contributed by atoms with Gasteiger partial charge in [0.15, 0.2) is 5.78 Å². The van der Waals surface area contributed by atoms with Crippen molar-refractivity contribution in [3.8, 4) is 0 Å². The highest BCUT2D eigenvalue weighted by Gasteiger charge is 2.18. The Morgan fingerprint density at radius 2 is 1.56 bits per heavy atom. The van der Waals surface area contributed by atoms with Crippen LogP contribution < -0.4 is 0 Å². The van der Waals surface area contributed by atoms with Crippen molar-refractivity contribution in [3.63, 3.8) is 0 Å². The van der Waals surface area contributed by atoms with Gasteiger partial charge in [-0.25, -0.2) is 4.39 Å². The van der Waals surface area contributed by atoms with E-state index < -0.39 is 0 Å². The molecule has 4 heteroatoms. The van der Waals surface area contributed by atoms with Crippen molar-refractivity contribution in [2.75, 3.05) is 0 Å². The van der Waals surface area contributed by atoms with Gasteiger partial charge in [-0.2, -0.15) is 0 Å². The van der Waals surface area contributed by atoms with Crippen LogP contribution in [0.3, 0.4) is 0 Å². The quantitative estimate of drug-likeness (QED) is 0.360. The van der Waals surface area contributed by atoms with E-state index in [0.717, 1.165) is 10.5 Å². The molecule has 0 spiro atoms. The maximum atomic E-state index is 13.1. The first-order valence-corrected chi connectivity index (χ1v) is 9.13. The fourth-order valence-corrected chi connectivity index (χ4v) is 3.77. The lowest BCUT2D eigenvalue weighted by molar-refractivity contribution is 0.0982. The van der Waals surface area contributed by atoms with Crippen LogP contribution in [0.5, 0.6) is 0 Å². The third kappa shape index (κ3) is 4.94. The third-order valence-electron chi connectivity index (χ3n) is 3.80. The zero-order chi connectivity index (χ0) is 17.6. The van der Waals surface area contributed by atoms with Gasteiger partial charge in [0.2, 0.25) is 0 Å². The van der Waals surface area contributed by atoms with Crippen LogP contribution in [0.25, 0.3) is 0 Å². The van der Waals surface area contributed by atoms with Crippen molar-refractivity contribution in [2.45, 2.75) is 16.6 Å². The minimum Gasteiger partial charge on any atom is -0.294 e. The maximum Gasteiger partial charge on any atom is 0.164 e. The molecular weight excluding hydrogens is 355 g/mol. The number of carbonyl (C=O) groups excluding carboxylic acids is 1. The number of ketones is 1. The molecule has 0 radical (unpaired) electrons. The highest BCUT2D eigenvalue weighted by molar-refractivity contribution is 7.99. The van der Waals surface area contributed by atoms with Crippen molar-refractivity contribution >= 4 is 29.1 Å². The SMILES string of the molecule is O=C(CC(Sc1ccc(Cl)cc1)c1ccccc1)c1ccc(F)cc1. The van der Waals surface area contributed by atoms with Crippen LogP contribution in [0.2, 0.25) is 5.02 Å². The summed E-state index contributed by atoms with van der Waals surface area (Å²) in [5, 5.41) is 0.655. The van der Waals surface area contributed by atoms with Gasteiger partial charge < -0.3 is 0 Å². The van der Waals surface area contributed by atoms with Gasteiger partial charge >= 0.3 is 0 Å². The lowest BCUT2D eigenvalue weighted by Gasteiger charge is -2.17. The highest BCUT2D eigenvalue weighted by Crippen LogP contribution is 2.38. The van der Waals surface area contributed by atoms with E-state index in [2.05, 4.69) is 0 Å². The molecule has 3 aromatic rings. The van der Waals surface area contributed by atoms with Crippen molar-refractivity contribution in [2.24, 2.45) is 0 Å². The fraction of sp³-hybridized carbons (Fsp3) is 0.0952. The lowest BCUT2D eigenvalue weighted by Crippen LogP contribution is -2.05. The van der Waals surface area contributed by atoms with Gasteiger partial charge in [0.25, 0.3) is 0 Å².